The van der Waals surface area contributed by atoms with Gasteiger partial charge in [0, 0.05) is 24.3 Å². The maximum Gasteiger partial charge on any atom is 0.166 e. The van der Waals surface area contributed by atoms with E-state index in [1.54, 1.807) is 0 Å². The van der Waals surface area contributed by atoms with E-state index in [1.807, 2.05) is 11.7 Å². The van der Waals surface area contributed by atoms with E-state index in [0.29, 0.717) is 6.04 Å². The summed E-state index contributed by atoms with van der Waals surface area (Å²) in [5.74, 6) is 0. The highest BCUT2D eigenvalue weighted by Gasteiger charge is 2.19. The minimum Gasteiger partial charge on any atom is -0.360 e. The summed E-state index contributed by atoms with van der Waals surface area (Å²) in [5.41, 5.74) is 3.52. The van der Waals surface area contributed by atoms with Crippen molar-refractivity contribution in [1.29, 1.82) is 0 Å². The van der Waals surface area contributed by atoms with E-state index in [4.69, 9.17) is 12.2 Å². The summed E-state index contributed by atoms with van der Waals surface area (Å²) in [4.78, 5) is 0. The van der Waals surface area contributed by atoms with Crippen LogP contribution in [0.1, 0.15) is 62.0 Å². The molecule has 1 atom stereocenters. The second-order valence-corrected chi connectivity index (χ2v) is 6.29. The van der Waals surface area contributed by atoms with Crippen LogP contribution < -0.4 is 10.6 Å². The lowest BCUT2D eigenvalue weighted by Gasteiger charge is -2.26. The van der Waals surface area contributed by atoms with Crippen molar-refractivity contribution in [3.05, 3.63) is 17.0 Å². The number of nitrogens with zero attached hydrogens (tertiary/aromatic N) is 2. The van der Waals surface area contributed by atoms with Gasteiger partial charge in [0.05, 0.1) is 11.7 Å². The van der Waals surface area contributed by atoms with Crippen LogP contribution in [0, 0.1) is 13.8 Å². The van der Waals surface area contributed by atoms with Gasteiger partial charge in [0.15, 0.2) is 5.11 Å². The molecule has 0 saturated heterocycles. The van der Waals surface area contributed by atoms with Crippen molar-refractivity contribution >= 4 is 17.3 Å². The average Bonchev–Trinajstić information content (AvgIpc) is 2.64. The van der Waals surface area contributed by atoms with E-state index in [0.717, 1.165) is 10.8 Å². The molecule has 2 N–H and O–H groups in total. The van der Waals surface area contributed by atoms with E-state index < -0.39 is 0 Å². The van der Waals surface area contributed by atoms with Gasteiger partial charge in [-0.05, 0) is 45.8 Å². The molecule has 5 heteroatoms. The lowest BCUT2D eigenvalue weighted by molar-refractivity contribution is 0.411. The van der Waals surface area contributed by atoms with Crippen molar-refractivity contribution in [3.8, 4) is 0 Å². The third kappa shape index (κ3) is 3.51. The maximum absolute atomic E-state index is 5.45. The minimum absolute atomic E-state index is 0.187. The molecule has 20 heavy (non-hydrogen) atoms. The Hall–Kier alpha value is -1.10. The maximum atomic E-state index is 5.45. The molecule has 4 nitrogen and oxygen atoms in total. The molecule has 112 valence electrons. The summed E-state index contributed by atoms with van der Waals surface area (Å²) in [5, 5.41) is 12.1. The molecule has 2 rings (SSSR count). The van der Waals surface area contributed by atoms with Gasteiger partial charge < -0.3 is 10.6 Å². The smallest absolute Gasteiger partial charge is 0.166 e. The Balaban J connectivity index is 1.93. The molecule has 1 aliphatic carbocycles. The number of nitrogens with one attached hydrogen (secondary N) is 2. The van der Waals surface area contributed by atoms with Crippen molar-refractivity contribution in [1.82, 2.24) is 20.4 Å². The molecule has 1 fully saturated rings. The molecular weight excluding hydrogens is 268 g/mol. The van der Waals surface area contributed by atoms with Crippen molar-refractivity contribution in [2.45, 2.75) is 65.0 Å². The predicted molar refractivity (Wildman–Crippen MR) is 86.8 cm³/mol. The Labute approximate surface area is 127 Å². The predicted octanol–water partition coefficient (Wildman–Crippen LogP) is 2.89. The van der Waals surface area contributed by atoms with Gasteiger partial charge in [0.1, 0.15) is 0 Å². The Kier molecular flexibility index (Phi) is 5.02. The van der Waals surface area contributed by atoms with Gasteiger partial charge >= 0.3 is 0 Å². The largest absolute Gasteiger partial charge is 0.360 e. The fraction of sp³-hybridized carbons (Fsp3) is 0.733. The van der Waals surface area contributed by atoms with Crippen molar-refractivity contribution in [3.63, 3.8) is 0 Å². The quantitative estimate of drug-likeness (QED) is 0.841. The summed E-state index contributed by atoms with van der Waals surface area (Å²) in [6, 6.07) is 0.735. The first kappa shape index (κ1) is 15.3. The first-order valence-corrected chi connectivity index (χ1v) is 7.97. The first-order chi connectivity index (χ1) is 9.49. The molecule has 0 amide bonds. The zero-order valence-corrected chi connectivity index (χ0v) is 13.8. The molecule has 1 saturated carbocycles. The van der Waals surface area contributed by atoms with E-state index >= 15 is 0 Å². The average molecular weight is 294 g/mol. The summed E-state index contributed by atoms with van der Waals surface area (Å²) in [6.45, 7) is 6.30. The number of hydrogen-bond acceptors (Lipinski definition) is 2. The summed E-state index contributed by atoms with van der Waals surface area (Å²) in [7, 11) is 1.98. The number of thiocarbonyl (C=S) groups is 1. The number of rotatable bonds is 3. The van der Waals surface area contributed by atoms with Crippen LogP contribution in [0.25, 0.3) is 0 Å². The van der Waals surface area contributed by atoms with Crippen LogP contribution in [0.3, 0.4) is 0 Å². The standard InChI is InChI=1S/C15H26N4S/c1-10(14-11(2)18-19(4)12(14)3)16-15(20)17-13-8-6-5-7-9-13/h10,13H,5-9H2,1-4H3,(H2,16,17,20)/t10-/m0/s1. The fourth-order valence-electron chi connectivity index (χ4n) is 3.16. The first-order valence-electron chi connectivity index (χ1n) is 7.56. The molecule has 0 bridgehead atoms. The van der Waals surface area contributed by atoms with Gasteiger partial charge in [0.2, 0.25) is 0 Å². The van der Waals surface area contributed by atoms with Crippen LogP contribution >= 0.6 is 12.2 Å². The fourth-order valence-corrected chi connectivity index (χ4v) is 3.50. The molecular formula is C15H26N4S. The topological polar surface area (TPSA) is 41.9 Å². The van der Waals surface area contributed by atoms with Crippen LogP contribution in [-0.2, 0) is 7.05 Å². The van der Waals surface area contributed by atoms with E-state index in [9.17, 15) is 0 Å². The second-order valence-electron chi connectivity index (χ2n) is 5.88. The van der Waals surface area contributed by atoms with Crippen LogP contribution in [0.5, 0.6) is 0 Å². The van der Waals surface area contributed by atoms with Crippen LogP contribution in [-0.4, -0.2) is 20.9 Å². The zero-order valence-electron chi connectivity index (χ0n) is 13.0. The van der Waals surface area contributed by atoms with E-state index in [1.165, 1.54) is 43.4 Å². The van der Waals surface area contributed by atoms with Crippen LogP contribution in [0.2, 0.25) is 0 Å². The summed E-state index contributed by atoms with van der Waals surface area (Å²) < 4.78 is 1.93. The van der Waals surface area contributed by atoms with Gasteiger partial charge in [-0.1, -0.05) is 19.3 Å². The van der Waals surface area contributed by atoms with E-state index in [2.05, 4.69) is 36.5 Å². The number of aromatic nitrogens is 2. The summed E-state index contributed by atoms with van der Waals surface area (Å²) >= 11 is 5.45. The Bertz CT molecular complexity index is 474. The van der Waals surface area contributed by atoms with Crippen molar-refractivity contribution in [2.24, 2.45) is 7.05 Å². The SMILES string of the molecule is Cc1nn(C)c(C)c1[C@H](C)NC(=S)NC1CCCCC1. The lowest BCUT2D eigenvalue weighted by atomic mass is 9.96. The third-order valence-electron chi connectivity index (χ3n) is 4.29. The molecule has 1 heterocycles. The molecule has 1 aromatic heterocycles. The van der Waals surface area contributed by atoms with Gasteiger partial charge in [-0.3, -0.25) is 4.68 Å². The molecule has 0 radical (unpaired) electrons. The molecule has 0 aliphatic heterocycles. The van der Waals surface area contributed by atoms with Gasteiger partial charge in [-0.25, -0.2) is 0 Å². The van der Waals surface area contributed by atoms with Gasteiger partial charge in [-0.2, -0.15) is 5.10 Å². The van der Waals surface area contributed by atoms with E-state index in [-0.39, 0.29) is 6.04 Å². The normalized spacial score (nSPS) is 17.8. The number of hydrogen-bond donors (Lipinski definition) is 2. The Morgan fingerprint density at radius 2 is 1.95 bits per heavy atom. The van der Waals surface area contributed by atoms with Crippen molar-refractivity contribution < 1.29 is 0 Å². The monoisotopic (exact) mass is 294 g/mol. The lowest BCUT2D eigenvalue weighted by Crippen LogP contribution is -2.43. The summed E-state index contributed by atoms with van der Waals surface area (Å²) in [6.07, 6.45) is 6.47. The van der Waals surface area contributed by atoms with Gasteiger partial charge in [0.25, 0.3) is 0 Å². The number of aryl methyl sites for hydroxylation is 2. The molecule has 1 aromatic rings. The molecule has 0 aromatic carbocycles. The van der Waals surface area contributed by atoms with Crippen LogP contribution in [0.4, 0.5) is 0 Å². The highest BCUT2D eigenvalue weighted by atomic mass is 32.1. The highest BCUT2D eigenvalue weighted by Crippen LogP contribution is 2.21. The third-order valence-corrected chi connectivity index (χ3v) is 4.52. The highest BCUT2D eigenvalue weighted by molar-refractivity contribution is 7.80. The molecule has 0 spiro atoms. The van der Waals surface area contributed by atoms with Crippen molar-refractivity contribution in [2.75, 3.05) is 0 Å². The molecule has 0 unspecified atom stereocenters. The van der Waals surface area contributed by atoms with Crippen LogP contribution in [0.15, 0.2) is 0 Å². The molecule has 1 aliphatic rings. The minimum atomic E-state index is 0.187. The Morgan fingerprint density at radius 3 is 2.50 bits per heavy atom. The van der Waals surface area contributed by atoms with Gasteiger partial charge in [-0.15, -0.1) is 0 Å². The second kappa shape index (κ2) is 6.57. The zero-order chi connectivity index (χ0) is 14.7. The Morgan fingerprint density at radius 1 is 1.30 bits per heavy atom.